The Morgan fingerprint density at radius 3 is 2.83 bits per heavy atom. The maximum atomic E-state index is 12.1. The molecule has 18 heavy (non-hydrogen) atoms. The summed E-state index contributed by atoms with van der Waals surface area (Å²) >= 11 is 1.72. The monoisotopic (exact) mass is 265 g/mol. The molecule has 2 aliphatic rings. The van der Waals surface area contributed by atoms with Crippen molar-refractivity contribution >= 4 is 17.2 Å². The Morgan fingerprint density at radius 1 is 1.22 bits per heavy atom. The largest absolute Gasteiger partial charge is 0.275 e. The van der Waals surface area contributed by atoms with Crippen LogP contribution < -0.4 is 5.48 Å². The van der Waals surface area contributed by atoms with Crippen molar-refractivity contribution in [3.05, 3.63) is 21.4 Å². The summed E-state index contributed by atoms with van der Waals surface area (Å²) in [5.41, 5.74) is 4.75. The first kappa shape index (κ1) is 12.2. The second-order valence-electron chi connectivity index (χ2n) is 5.21. The third-order valence-electron chi connectivity index (χ3n) is 3.93. The zero-order valence-electron chi connectivity index (χ0n) is 10.5. The van der Waals surface area contributed by atoms with E-state index in [0.717, 1.165) is 31.2 Å². The van der Waals surface area contributed by atoms with Gasteiger partial charge in [-0.15, -0.1) is 11.3 Å². The molecule has 0 atom stereocenters. The summed E-state index contributed by atoms with van der Waals surface area (Å²) in [5.74, 6) is -0.0544. The van der Waals surface area contributed by atoms with Crippen molar-refractivity contribution in [2.75, 3.05) is 0 Å². The Bertz CT molecular complexity index is 435. The quantitative estimate of drug-likeness (QED) is 0.852. The second-order valence-corrected chi connectivity index (χ2v) is 6.18. The fraction of sp³-hybridized carbons (Fsp3) is 0.643. The summed E-state index contributed by atoms with van der Waals surface area (Å²) in [6.07, 6.45) is 9.44. The minimum Gasteiger partial charge on any atom is -0.270 e. The fourth-order valence-corrected chi connectivity index (χ4v) is 4.01. The van der Waals surface area contributed by atoms with E-state index in [4.69, 9.17) is 4.84 Å². The summed E-state index contributed by atoms with van der Waals surface area (Å²) in [6.45, 7) is 0. The highest BCUT2D eigenvalue weighted by Gasteiger charge is 2.22. The van der Waals surface area contributed by atoms with Crippen molar-refractivity contribution in [2.24, 2.45) is 0 Å². The van der Waals surface area contributed by atoms with E-state index in [9.17, 15) is 4.79 Å². The van der Waals surface area contributed by atoms with Gasteiger partial charge in [-0.1, -0.05) is 12.8 Å². The summed E-state index contributed by atoms with van der Waals surface area (Å²) in [6, 6.07) is 0. The normalized spacial score (nSPS) is 19.8. The lowest BCUT2D eigenvalue weighted by Crippen LogP contribution is -2.28. The average molecular weight is 265 g/mol. The molecule has 1 saturated carbocycles. The van der Waals surface area contributed by atoms with Crippen LogP contribution in [0, 0.1) is 0 Å². The number of aryl methyl sites for hydroxylation is 1. The molecule has 3 rings (SSSR count). The number of carbonyl (C=O) groups excluding carboxylic acids is 1. The van der Waals surface area contributed by atoms with Crippen molar-refractivity contribution < 1.29 is 9.63 Å². The molecule has 0 radical (unpaired) electrons. The Labute approximate surface area is 111 Å². The Balaban J connectivity index is 1.63. The number of hydroxylamine groups is 1. The maximum Gasteiger partial charge on any atom is 0.275 e. The van der Waals surface area contributed by atoms with Crippen LogP contribution in [0.3, 0.4) is 0 Å². The first-order valence-corrected chi connectivity index (χ1v) is 7.78. The molecule has 0 aromatic carbocycles. The molecule has 0 spiro atoms. The molecular weight excluding hydrogens is 246 g/mol. The standard InChI is InChI=1S/C14H19NO2S/c16-14(15-17-10-5-1-2-6-10)12-9-18-13-8-4-3-7-11(12)13/h9-10H,1-8H2,(H,15,16). The lowest BCUT2D eigenvalue weighted by Gasteiger charge is -2.14. The minimum absolute atomic E-state index is 0.0544. The summed E-state index contributed by atoms with van der Waals surface area (Å²) in [5, 5.41) is 1.99. The summed E-state index contributed by atoms with van der Waals surface area (Å²) in [7, 11) is 0. The van der Waals surface area contributed by atoms with Crippen molar-refractivity contribution in [2.45, 2.75) is 57.5 Å². The molecule has 98 valence electrons. The molecule has 1 amide bonds. The number of amides is 1. The molecule has 3 nitrogen and oxygen atoms in total. The third-order valence-corrected chi connectivity index (χ3v) is 5.02. The number of hydrogen-bond acceptors (Lipinski definition) is 3. The lowest BCUT2D eigenvalue weighted by molar-refractivity contribution is -0.0125. The fourth-order valence-electron chi connectivity index (χ4n) is 2.88. The highest BCUT2D eigenvalue weighted by Crippen LogP contribution is 2.30. The molecule has 4 heteroatoms. The third kappa shape index (κ3) is 2.45. The minimum atomic E-state index is -0.0544. The van der Waals surface area contributed by atoms with Gasteiger partial charge in [0.05, 0.1) is 11.7 Å². The molecule has 1 aromatic rings. The van der Waals surface area contributed by atoms with E-state index in [2.05, 4.69) is 5.48 Å². The van der Waals surface area contributed by atoms with E-state index >= 15 is 0 Å². The lowest BCUT2D eigenvalue weighted by atomic mass is 9.96. The number of nitrogens with one attached hydrogen (secondary N) is 1. The van der Waals surface area contributed by atoms with Crippen molar-refractivity contribution in [3.63, 3.8) is 0 Å². The van der Waals surface area contributed by atoms with Gasteiger partial charge in [0.15, 0.2) is 0 Å². The molecule has 1 N–H and O–H groups in total. The van der Waals surface area contributed by atoms with Crippen LogP contribution in [0.15, 0.2) is 5.38 Å². The molecule has 1 fully saturated rings. The first-order chi connectivity index (χ1) is 8.84. The van der Waals surface area contributed by atoms with Gasteiger partial charge in [0.1, 0.15) is 0 Å². The topological polar surface area (TPSA) is 38.3 Å². The molecular formula is C14H19NO2S. The van der Waals surface area contributed by atoms with E-state index < -0.39 is 0 Å². The first-order valence-electron chi connectivity index (χ1n) is 6.90. The Kier molecular flexibility index (Phi) is 3.66. The van der Waals surface area contributed by atoms with Crippen molar-refractivity contribution in [1.29, 1.82) is 0 Å². The molecule has 1 aromatic heterocycles. The molecule has 0 unspecified atom stereocenters. The summed E-state index contributed by atoms with van der Waals surface area (Å²) in [4.78, 5) is 19.0. The molecule has 0 saturated heterocycles. The molecule has 2 aliphatic carbocycles. The van der Waals surface area contributed by atoms with E-state index in [1.807, 2.05) is 5.38 Å². The van der Waals surface area contributed by atoms with Crippen LogP contribution in [0.5, 0.6) is 0 Å². The predicted octanol–water partition coefficient (Wildman–Crippen LogP) is 3.23. The van der Waals surface area contributed by atoms with Gasteiger partial charge in [-0.3, -0.25) is 9.63 Å². The highest BCUT2D eigenvalue weighted by molar-refractivity contribution is 7.10. The van der Waals surface area contributed by atoms with Crippen molar-refractivity contribution in [3.8, 4) is 0 Å². The van der Waals surface area contributed by atoms with Gasteiger partial charge >= 0.3 is 0 Å². The van der Waals surface area contributed by atoms with Gasteiger partial charge < -0.3 is 0 Å². The average Bonchev–Trinajstić information content (AvgIpc) is 3.05. The van der Waals surface area contributed by atoms with Gasteiger partial charge in [-0.05, 0) is 44.1 Å². The van der Waals surface area contributed by atoms with Crippen molar-refractivity contribution in [1.82, 2.24) is 5.48 Å². The van der Waals surface area contributed by atoms with Gasteiger partial charge in [-0.25, -0.2) is 5.48 Å². The number of hydrogen-bond donors (Lipinski definition) is 1. The number of rotatable bonds is 3. The SMILES string of the molecule is O=C(NOC1CCCC1)c1csc2c1CCCC2. The van der Waals surface area contributed by atoms with Crippen LogP contribution in [-0.4, -0.2) is 12.0 Å². The van der Waals surface area contributed by atoms with Crippen LogP contribution in [0.4, 0.5) is 0 Å². The zero-order valence-corrected chi connectivity index (χ0v) is 11.4. The van der Waals surface area contributed by atoms with Crippen LogP contribution in [0.2, 0.25) is 0 Å². The van der Waals surface area contributed by atoms with E-state index in [0.29, 0.717) is 0 Å². The van der Waals surface area contributed by atoms with E-state index in [-0.39, 0.29) is 12.0 Å². The molecule has 0 aliphatic heterocycles. The maximum absolute atomic E-state index is 12.1. The van der Waals surface area contributed by atoms with Crippen LogP contribution >= 0.6 is 11.3 Å². The zero-order chi connectivity index (χ0) is 12.4. The van der Waals surface area contributed by atoms with Gasteiger partial charge in [0.2, 0.25) is 0 Å². The Morgan fingerprint density at radius 2 is 2.00 bits per heavy atom. The number of carbonyl (C=O) groups is 1. The van der Waals surface area contributed by atoms with Gasteiger partial charge in [-0.2, -0.15) is 0 Å². The van der Waals surface area contributed by atoms with Gasteiger partial charge in [0, 0.05) is 10.3 Å². The van der Waals surface area contributed by atoms with E-state index in [1.54, 1.807) is 11.3 Å². The summed E-state index contributed by atoms with van der Waals surface area (Å²) < 4.78 is 0. The van der Waals surface area contributed by atoms with Crippen LogP contribution in [0.1, 0.15) is 59.3 Å². The van der Waals surface area contributed by atoms with Crippen LogP contribution in [-0.2, 0) is 17.7 Å². The Hall–Kier alpha value is -0.870. The molecule has 0 bridgehead atoms. The number of thiophene rings is 1. The number of fused-ring (bicyclic) bond motifs is 1. The predicted molar refractivity (Wildman–Crippen MR) is 71.8 cm³/mol. The van der Waals surface area contributed by atoms with Crippen LogP contribution in [0.25, 0.3) is 0 Å². The second kappa shape index (κ2) is 5.41. The highest BCUT2D eigenvalue weighted by atomic mass is 32.1. The van der Waals surface area contributed by atoms with Gasteiger partial charge in [0.25, 0.3) is 5.91 Å². The van der Waals surface area contributed by atoms with E-state index in [1.165, 1.54) is 36.1 Å². The smallest absolute Gasteiger partial charge is 0.270 e. The molecule has 1 heterocycles.